The first-order valence-corrected chi connectivity index (χ1v) is 9.41. The van der Waals surface area contributed by atoms with Crippen LogP contribution >= 0.6 is 0 Å². The molecule has 1 aliphatic heterocycles. The second kappa shape index (κ2) is 7.16. The largest absolute Gasteiger partial charge is 0.341 e. The van der Waals surface area contributed by atoms with E-state index in [0.717, 1.165) is 37.3 Å². The van der Waals surface area contributed by atoms with E-state index in [1.165, 1.54) is 5.52 Å². The number of amides is 1. The number of hydrogen-bond donors (Lipinski definition) is 1. The van der Waals surface area contributed by atoms with Gasteiger partial charge < -0.3 is 15.2 Å². The first-order chi connectivity index (χ1) is 11.9. The van der Waals surface area contributed by atoms with Gasteiger partial charge in [0.05, 0.1) is 17.1 Å². The summed E-state index contributed by atoms with van der Waals surface area (Å²) in [4.78, 5) is 19.6. The maximum atomic E-state index is 12.7. The molecule has 2 N–H and O–H groups in total. The number of aromatic nitrogens is 2. The molecule has 1 saturated heterocycles. The summed E-state index contributed by atoms with van der Waals surface area (Å²) in [6.07, 6.45) is 2.07. The van der Waals surface area contributed by atoms with Crippen molar-refractivity contribution in [3.63, 3.8) is 0 Å². The molecule has 1 aliphatic rings. The molecule has 1 aromatic heterocycles. The first-order valence-electron chi connectivity index (χ1n) is 9.41. The van der Waals surface area contributed by atoms with Crippen molar-refractivity contribution in [3.8, 4) is 0 Å². The number of hydrogen-bond acceptors (Lipinski definition) is 3. The number of likely N-dealkylation sites (tertiary alicyclic amines) is 1. The maximum absolute atomic E-state index is 12.7. The molecule has 1 aromatic carbocycles. The van der Waals surface area contributed by atoms with Crippen molar-refractivity contribution in [3.05, 3.63) is 30.1 Å². The van der Waals surface area contributed by atoms with Crippen LogP contribution in [0.3, 0.4) is 0 Å². The Kier molecular flexibility index (Phi) is 5.13. The lowest BCUT2D eigenvalue weighted by Crippen LogP contribution is -2.49. The molecule has 3 rings (SSSR count). The van der Waals surface area contributed by atoms with Crippen LogP contribution in [0.4, 0.5) is 0 Å². The summed E-state index contributed by atoms with van der Waals surface area (Å²) in [6, 6.07) is 8.21. The Morgan fingerprint density at radius 3 is 2.64 bits per heavy atom. The van der Waals surface area contributed by atoms with Gasteiger partial charge in [-0.25, -0.2) is 4.98 Å². The molecule has 1 unspecified atom stereocenters. The topological polar surface area (TPSA) is 64.2 Å². The number of carbonyl (C=O) groups excluding carboxylic acids is 1. The van der Waals surface area contributed by atoms with Crippen LogP contribution in [0.25, 0.3) is 11.0 Å². The van der Waals surface area contributed by atoms with Crippen LogP contribution in [0.15, 0.2) is 24.3 Å². The van der Waals surface area contributed by atoms with E-state index < -0.39 is 6.04 Å². The highest BCUT2D eigenvalue weighted by molar-refractivity contribution is 5.82. The van der Waals surface area contributed by atoms with Crippen LogP contribution < -0.4 is 5.73 Å². The number of imidazole rings is 1. The van der Waals surface area contributed by atoms with E-state index in [0.29, 0.717) is 6.04 Å². The number of fused-ring (bicyclic) bond motifs is 1. The van der Waals surface area contributed by atoms with Gasteiger partial charge in [-0.05, 0) is 44.7 Å². The van der Waals surface area contributed by atoms with Crippen LogP contribution in [0.5, 0.6) is 0 Å². The summed E-state index contributed by atoms with van der Waals surface area (Å²) < 4.78 is 2.33. The van der Waals surface area contributed by atoms with E-state index in [4.69, 9.17) is 10.7 Å². The molecule has 5 nitrogen and oxygen atoms in total. The van der Waals surface area contributed by atoms with Crippen LogP contribution in [-0.2, 0) is 4.79 Å². The fraction of sp³-hybridized carbons (Fsp3) is 0.600. The Morgan fingerprint density at radius 1 is 1.24 bits per heavy atom. The van der Waals surface area contributed by atoms with Gasteiger partial charge in [0.2, 0.25) is 5.91 Å². The van der Waals surface area contributed by atoms with E-state index >= 15 is 0 Å². The molecule has 2 atom stereocenters. The number of carbonyl (C=O) groups is 1. The molecule has 1 amide bonds. The number of nitrogens with zero attached hydrogens (tertiary/aromatic N) is 3. The number of para-hydroxylation sites is 2. The number of benzene rings is 1. The van der Waals surface area contributed by atoms with Crippen molar-refractivity contribution in [1.82, 2.24) is 14.5 Å². The average Bonchev–Trinajstić information content (AvgIpc) is 3.00. The Balaban J connectivity index is 1.90. The first kappa shape index (κ1) is 17.9. The van der Waals surface area contributed by atoms with Gasteiger partial charge in [0, 0.05) is 25.0 Å². The average molecular weight is 342 g/mol. The molecular weight excluding hydrogens is 312 g/mol. The van der Waals surface area contributed by atoms with Crippen molar-refractivity contribution in [2.45, 2.75) is 58.5 Å². The fourth-order valence-electron chi connectivity index (χ4n) is 3.78. The van der Waals surface area contributed by atoms with Crippen LogP contribution in [0.2, 0.25) is 0 Å². The van der Waals surface area contributed by atoms with Crippen LogP contribution in [-0.4, -0.2) is 39.5 Å². The molecule has 0 saturated carbocycles. The van der Waals surface area contributed by atoms with Gasteiger partial charge in [-0.3, -0.25) is 4.79 Å². The number of piperidine rings is 1. The second-order valence-electron chi connectivity index (χ2n) is 7.82. The van der Waals surface area contributed by atoms with Crippen LogP contribution in [0, 0.1) is 5.92 Å². The zero-order chi connectivity index (χ0) is 18.1. The Bertz CT molecular complexity index is 749. The predicted octanol–water partition coefficient (Wildman–Crippen LogP) is 3.31. The van der Waals surface area contributed by atoms with Crippen molar-refractivity contribution >= 4 is 16.9 Å². The summed E-state index contributed by atoms with van der Waals surface area (Å²) >= 11 is 0. The molecule has 0 radical (unpaired) electrons. The van der Waals surface area contributed by atoms with E-state index in [1.807, 2.05) is 24.8 Å². The maximum Gasteiger partial charge on any atom is 0.239 e. The molecule has 0 aliphatic carbocycles. The highest BCUT2D eigenvalue weighted by Gasteiger charge is 2.31. The standard InChI is InChI=1S/C20H30N4O/c1-13(2)18(21)20(25)23-11-7-8-15(12-23)19-22-16-9-5-6-10-17(16)24(19)14(3)4/h5-6,9-10,13-15,18H,7-8,11-12,21H2,1-4H3/t15?,18-/m0/s1. The molecule has 0 bridgehead atoms. The van der Waals surface area contributed by atoms with Crippen molar-refractivity contribution in [1.29, 1.82) is 0 Å². The summed E-state index contributed by atoms with van der Waals surface area (Å²) in [7, 11) is 0. The van der Waals surface area contributed by atoms with Crippen molar-refractivity contribution in [2.24, 2.45) is 11.7 Å². The third-order valence-electron chi connectivity index (χ3n) is 5.24. The number of nitrogens with two attached hydrogens (primary N) is 1. The molecule has 136 valence electrons. The minimum atomic E-state index is -0.414. The smallest absolute Gasteiger partial charge is 0.239 e. The van der Waals surface area contributed by atoms with Crippen LogP contribution in [0.1, 0.15) is 58.3 Å². The van der Waals surface area contributed by atoms with Gasteiger partial charge in [-0.15, -0.1) is 0 Å². The lowest BCUT2D eigenvalue weighted by atomic mass is 9.95. The minimum Gasteiger partial charge on any atom is -0.341 e. The third kappa shape index (κ3) is 3.43. The molecular formula is C20H30N4O. The molecule has 25 heavy (non-hydrogen) atoms. The second-order valence-corrected chi connectivity index (χ2v) is 7.82. The predicted molar refractivity (Wildman–Crippen MR) is 101 cm³/mol. The molecule has 1 fully saturated rings. The zero-order valence-corrected chi connectivity index (χ0v) is 15.8. The van der Waals surface area contributed by atoms with Gasteiger partial charge in [-0.1, -0.05) is 26.0 Å². The molecule has 2 heterocycles. The SMILES string of the molecule is CC(C)[C@H](N)C(=O)N1CCCC(c2nc3ccccc3n2C(C)C)C1. The van der Waals surface area contributed by atoms with Crippen molar-refractivity contribution < 1.29 is 4.79 Å². The molecule has 0 spiro atoms. The quantitative estimate of drug-likeness (QED) is 0.927. The fourth-order valence-corrected chi connectivity index (χ4v) is 3.78. The van der Waals surface area contributed by atoms with E-state index in [9.17, 15) is 4.79 Å². The van der Waals surface area contributed by atoms with Gasteiger partial charge >= 0.3 is 0 Å². The molecule has 2 aromatic rings. The Morgan fingerprint density at radius 2 is 1.96 bits per heavy atom. The van der Waals surface area contributed by atoms with Crippen molar-refractivity contribution in [2.75, 3.05) is 13.1 Å². The highest BCUT2D eigenvalue weighted by Crippen LogP contribution is 2.31. The third-order valence-corrected chi connectivity index (χ3v) is 5.24. The summed E-state index contributed by atoms with van der Waals surface area (Å²) in [6.45, 7) is 9.91. The summed E-state index contributed by atoms with van der Waals surface area (Å²) in [5, 5.41) is 0. The van der Waals surface area contributed by atoms with Gasteiger partial charge in [0.25, 0.3) is 0 Å². The summed E-state index contributed by atoms with van der Waals surface area (Å²) in [5.41, 5.74) is 8.31. The number of rotatable bonds is 4. The molecule has 5 heteroatoms. The van der Waals surface area contributed by atoms with Gasteiger partial charge in [0.15, 0.2) is 0 Å². The summed E-state index contributed by atoms with van der Waals surface area (Å²) in [5.74, 6) is 1.61. The van der Waals surface area contributed by atoms with E-state index in [-0.39, 0.29) is 17.7 Å². The van der Waals surface area contributed by atoms with Gasteiger partial charge in [-0.2, -0.15) is 0 Å². The lowest BCUT2D eigenvalue weighted by molar-refractivity contribution is -0.134. The minimum absolute atomic E-state index is 0.0758. The normalized spacial score (nSPS) is 19.8. The van der Waals surface area contributed by atoms with E-state index in [1.54, 1.807) is 0 Å². The Labute approximate surface area is 150 Å². The lowest BCUT2D eigenvalue weighted by Gasteiger charge is -2.35. The van der Waals surface area contributed by atoms with E-state index in [2.05, 4.69) is 36.6 Å². The highest BCUT2D eigenvalue weighted by atomic mass is 16.2. The monoisotopic (exact) mass is 342 g/mol. The zero-order valence-electron chi connectivity index (χ0n) is 15.8. The van der Waals surface area contributed by atoms with Gasteiger partial charge in [0.1, 0.15) is 5.82 Å². The Hall–Kier alpha value is -1.88.